The molecule has 2 heteroatoms. The molecule has 9 aromatic rings. The number of fused-ring (bicyclic) bond motifs is 13. The van der Waals surface area contributed by atoms with E-state index in [0.717, 1.165) is 29.2 Å². The maximum absolute atomic E-state index is 2.47. The number of rotatable bonds is 6. The lowest BCUT2D eigenvalue weighted by molar-refractivity contribution is 0.735. The van der Waals surface area contributed by atoms with Crippen molar-refractivity contribution >= 4 is 38.9 Å². The molecule has 8 aromatic carbocycles. The van der Waals surface area contributed by atoms with Gasteiger partial charge in [-0.05, 0) is 142 Å². The van der Waals surface area contributed by atoms with Gasteiger partial charge in [-0.1, -0.05) is 129 Å². The molecule has 1 heterocycles. The first-order valence-corrected chi connectivity index (χ1v) is 20.0. The Morgan fingerprint density at radius 3 is 1.62 bits per heavy atom. The number of hydrogen-bond donors (Lipinski definition) is 0. The van der Waals surface area contributed by atoms with Crippen LogP contribution in [0.4, 0.5) is 17.1 Å². The van der Waals surface area contributed by atoms with Crippen LogP contribution in [0.25, 0.3) is 49.7 Å². The summed E-state index contributed by atoms with van der Waals surface area (Å²) in [6.45, 7) is 6.79. The van der Waals surface area contributed by atoms with Crippen LogP contribution < -0.4 is 4.90 Å². The summed E-state index contributed by atoms with van der Waals surface area (Å²) in [5, 5.41) is 2.63. The maximum atomic E-state index is 2.47. The van der Waals surface area contributed by atoms with E-state index in [4.69, 9.17) is 0 Å². The van der Waals surface area contributed by atoms with Gasteiger partial charge in [-0.2, -0.15) is 0 Å². The smallest absolute Gasteiger partial charge is 0.0726 e. The molecule has 11 rings (SSSR count). The van der Waals surface area contributed by atoms with Crippen molar-refractivity contribution in [1.29, 1.82) is 0 Å². The van der Waals surface area contributed by atoms with Gasteiger partial charge < -0.3 is 9.47 Å². The number of nitrogens with zero attached hydrogens (tertiary/aromatic N) is 2. The van der Waals surface area contributed by atoms with E-state index >= 15 is 0 Å². The molecular weight excluding hydrogens is 677 g/mol. The van der Waals surface area contributed by atoms with Crippen LogP contribution in [0.3, 0.4) is 0 Å². The fourth-order valence-corrected chi connectivity index (χ4v) is 9.97. The van der Waals surface area contributed by atoms with Crippen molar-refractivity contribution in [2.75, 3.05) is 4.90 Å². The molecule has 0 amide bonds. The number of aryl methyl sites for hydroxylation is 1. The highest BCUT2D eigenvalue weighted by Gasteiger charge is 2.51. The molecule has 2 aliphatic carbocycles. The zero-order valence-electron chi connectivity index (χ0n) is 32.0. The quantitative estimate of drug-likeness (QED) is 0.166. The molecule has 1 spiro atoms. The van der Waals surface area contributed by atoms with Gasteiger partial charge in [-0.15, -0.1) is 0 Å². The molecule has 56 heavy (non-hydrogen) atoms. The number of hydrogen-bond acceptors (Lipinski definition) is 1. The Labute approximate surface area is 328 Å². The molecule has 1 unspecified atom stereocenters. The molecule has 1 atom stereocenters. The Morgan fingerprint density at radius 2 is 1.00 bits per heavy atom. The second-order valence-corrected chi connectivity index (χ2v) is 15.7. The predicted octanol–water partition coefficient (Wildman–Crippen LogP) is 14.4. The second kappa shape index (κ2) is 12.4. The molecule has 0 bridgehead atoms. The lowest BCUT2D eigenvalue weighted by Gasteiger charge is -2.32. The minimum atomic E-state index is -0.398. The summed E-state index contributed by atoms with van der Waals surface area (Å²) < 4.78 is 2.44. The zero-order valence-corrected chi connectivity index (χ0v) is 32.0. The van der Waals surface area contributed by atoms with Gasteiger partial charge in [0.1, 0.15) is 0 Å². The van der Waals surface area contributed by atoms with E-state index in [-0.39, 0.29) is 0 Å². The number of aromatic nitrogens is 1. The lowest BCUT2D eigenvalue weighted by Crippen LogP contribution is -2.26. The van der Waals surface area contributed by atoms with Crippen molar-refractivity contribution in [2.24, 2.45) is 0 Å². The summed E-state index contributed by atoms with van der Waals surface area (Å²) in [6.07, 6.45) is 1.13. The van der Waals surface area contributed by atoms with Gasteiger partial charge in [0, 0.05) is 33.5 Å². The summed E-state index contributed by atoms with van der Waals surface area (Å²) in [5.74, 6) is 0.521. The highest BCUT2D eigenvalue weighted by molar-refractivity contribution is 6.10. The third-order valence-corrected chi connectivity index (χ3v) is 12.7. The Hall–Kier alpha value is -6.64. The summed E-state index contributed by atoms with van der Waals surface area (Å²) >= 11 is 0. The summed E-state index contributed by atoms with van der Waals surface area (Å²) in [6, 6.07) is 68.2. The van der Waals surface area contributed by atoms with Gasteiger partial charge in [0.15, 0.2) is 0 Å². The molecule has 0 aliphatic heterocycles. The standard InChI is InChI=1S/C54H42N2/c1-4-36(3)37-23-31-53-47(33-37)46-32-35(2)22-30-52(46)56(53)40-26-24-39(25-27-40)55(38-14-6-5-7-15-38)41-28-29-45-44-18-10-13-21-50(44)54(51(45)34-41)48-19-11-8-16-42(48)43-17-9-12-20-49(43)54/h5-34,36H,4H2,1-3H3. The van der Waals surface area contributed by atoms with Crippen molar-refractivity contribution in [3.63, 3.8) is 0 Å². The highest BCUT2D eigenvalue weighted by Crippen LogP contribution is 2.63. The Bertz CT molecular complexity index is 2920. The molecule has 0 radical (unpaired) electrons. The number of benzene rings is 8. The van der Waals surface area contributed by atoms with E-state index in [9.17, 15) is 0 Å². The topological polar surface area (TPSA) is 8.17 Å². The first kappa shape index (κ1) is 32.8. The first-order chi connectivity index (χ1) is 27.6. The number of para-hydroxylation sites is 1. The van der Waals surface area contributed by atoms with E-state index in [1.807, 2.05) is 0 Å². The molecule has 2 aliphatic rings. The van der Waals surface area contributed by atoms with Crippen LogP contribution in [-0.4, -0.2) is 4.57 Å². The molecule has 0 saturated heterocycles. The maximum Gasteiger partial charge on any atom is 0.0726 e. The van der Waals surface area contributed by atoms with Crippen LogP contribution in [0.15, 0.2) is 182 Å². The SMILES string of the molecule is CCC(C)c1ccc2c(c1)c1cc(C)ccc1n2-c1ccc(N(c2ccccc2)c2ccc3c(c2)C2(c4ccccc4-c4ccccc42)c2ccccc2-3)cc1. The largest absolute Gasteiger partial charge is 0.310 e. The third-order valence-electron chi connectivity index (χ3n) is 12.7. The van der Waals surface area contributed by atoms with E-state index in [1.54, 1.807) is 0 Å². The molecular formula is C54H42N2. The van der Waals surface area contributed by atoms with Gasteiger partial charge in [0.05, 0.1) is 16.4 Å². The average Bonchev–Trinajstić information content (AvgIpc) is 3.85. The lowest BCUT2D eigenvalue weighted by atomic mass is 9.70. The van der Waals surface area contributed by atoms with E-state index in [0.29, 0.717) is 5.92 Å². The van der Waals surface area contributed by atoms with Crippen LogP contribution in [0.5, 0.6) is 0 Å². The highest BCUT2D eigenvalue weighted by atomic mass is 15.1. The Kier molecular flexibility index (Phi) is 7.28. The van der Waals surface area contributed by atoms with Crippen molar-refractivity contribution < 1.29 is 0 Å². The van der Waals surface area contributed by atoms with Crippen LogP contribution >= 0.6 is 0 Å². The molecule has 268 valence electrons. The van der Waals surface area contributed by atoms with Gasteiger partial charge >= 0.3 is 0 Å². The Morgan fingerprint density at radius 1 is 0.482 bits per heavy atom. The molecule has 2 nitrogen and oxygen atoms in total. The van der Waals surface area contributed by atoms with Crippen molar-refractivity contribution in [3.05, 3.63) is 215 Å². The molecule has 0 N–H and O–H groups in total. The summed E-state index contributed by atoms with van der Waals surface area (Å²) in [5.41, 5.74) is 20.0. The molecule has 0 saturated carbocycles. The summed E-state index contributed by atoms with van der Waals surface area (Å²) in [4.78, 5) is 2.42. The Balaban J connectivity index is 1.09. The number of anilines is 3. The van der Waals surface area contributed by atoms with Crippen LogP contribution in [-0.2, 0) is 5.41 Å². The van der Waals surface area contributed by atoms with E-state index in [1.165, 1.54) is 77.4 Å². The second-order valence-electron chi connectivity index (χ2n) is 15.7. The van der Waals surface area contributed by atoms with Crippen molar-refractivity contribution in [1.82, 2.24) is 4.57 Å². The minimum Gasteiger partial charge on any atom is -0.310 e. The normalized spacial score (nSPS) is 13.8. The van der Waals surface area contributed by atoms with Crippen LogP contribution in [0.2, 0.25) is 0 Å². The third kappa shape index (κ3) is 4.56. The average molecular weight is 719 g/mol. The molecule has 1 aromatic heterocycles. The summed E-state index contributed by atoms with van der Waals surface area (Å²) in [7, 11) is 0. The van der Waals surface area contributed by atoms with E-state index in [2.05, 4.69) is 212 Å². The fraction of sp³-hybridized carbons (Fsp3) is 0.111. The minimum absolute atomic E-state index is 0.398. The van der Waals surface area contributed by atoms with Crippen LogP contribution in [0, 0.1) is 6.92 Å². The van der Waals surface area contributed by atoms with Crippen molar-refractivity contribution in [3.8, 4) is 27.9 Å². The van der Waals surface area contributed by atoms with Gasteiger partial charge in [0.2, 0.25) is 0 Å². The zero-order chi connectivity index (χ0) is 37.5. The van der Waals surface area contributed by atoms with E-state index < -0.39 is 5.41 Å². The fourth-order valence-electron chi connectivity index (χ4n) is 9.97. The first-order valence-electron chi connectivity index (χ1n) is 20.0. The van der Waals surface area contributed by atoms with Crippen LogP contribution in [0.1, 0.15) is 59.6 Å². The predicted molar refractivity (Wildman–Crippen MR) is 235 cm³/mol. The van der Waals surface area contributed by atoms with Crippen molar-refractivity contribution in [2.45, 2.75) is 38.5 Å². The molecule has 0 fully saturated rings. The van der Waals surface area contributed by atoms with Gasteiger partial charge in [-0.25, -0.2) is 0 Å². The van der Waals surface area contributed by atoms with Gasteiger partial charge in [0.25, 0.3) is 0 Å². The monoisotopic (exact) mass is 718 g/mol. The van der Waals surface area contributed by atoms with Gasteiger partial charge in [-0.3, -0.25) is 0 Å².